The van der Waals surface area contributed by atoms with Crippen molar-refractivity contribution in [3.05, 3.63) is 17.5 Å². The van der Waals surface area contributed by atoms with Crippen molar-refractivity contribution in [2.24, 2.45) is 0 Å². The first-order valence-corrected chi connectivity index (χ1v) is 2.63. The van der Waals surface area contributed by atoms with E-state index in [1.165, 1.54) is 6.92 Å². The molecule has 0 bridgehead atoms. The Morgan fingerprint density at radius 2 is 1.91 bits per heavy atom. The van der Waals surface area contributed by atoms with Crippen LogP contribution in [0, 0.1) is 18.7 Å². The molecule has 0 aliphatic rings. The molecule has 0 amide bonds. The Morgan fingerprint density at radius 1 is 1.27 bits per heavy atom. The Labute approximate surface area is 59.7 Å². The van der Waals surface area contributed by atoms with Gasteiger partial charge in [-0.05, 0) is 6.92 Å². The fourth-order valence-electron chi connectivity index (χ4n) is 0.534. The predicted molar refractivity (Wildman–Crippen MR) is 28.4 cm³/mol. The molecule has 0 saturated heterocycles. The maximum Gasteiger partial charge on any atom is 0.363 e. The van der Waals surface area contributed by atoms with E-state index >= 15 is 0 Å². The molecular formula is C5H3F3N2O. The Hall–Kier alpha value is -1.33. The van der Waals surface area contributed by atoms with E-state index in [9.17, 15) is 13.3 Å². The summed E-state index contributed by atoms with van der Waals surface area (Å²) >= 11 is 0. The lowest BCUT2D eigenvalue weighted by Gasteiger charge is -1.96. The molecule has 0 aliphatic carbocycles. The van der Waals surface area contributed by atoms with E-state index in [1.54, 1.807) is 0 Å². The quantitative estimate of drug-likeness (QED) is 0.587. The van der Waals surface area contributed by atoms with Crippen molar-refractivity contribution in [3.8, 4) is 6.01 Å². The number of aryl methyl sites for hydroxylation is 1. The van der Waals surface area contributed by atoms with E-state index < -0.39 is 17.8 Å². The average Bonchev–Trinajstić information content (AvgIpc) is 1.99. The summed E-state index contributed by atoms with van der Waals surface area (Å²) in [6, 6.07) is -0.832. The molecule has 0 aliphatic heterocycles. The molecular weight excluding hydrogens is 161 g/mol. The normalized spacial score (nSPS) is 9.82. The summed E-state index contributed by atoms with van der Waals surface area (Å²) in [5, 5.41) is 0. The lowest BCUT2D eigenvalue weighted by molar-refractivity contribution is -0.0194. The van der Waals surface area contributed by atoms with Gasteiger partial charge in [0.25, 0.3) is 5.95 Å². The van der Waals surface area contributed by atoms with Gasteiger partial charge in [0.2, 0.25) is 0 Å². The van der Waals surface area contributed by atoms with Crippen LogP contribution in [0.2, 0.25) is 0 Å². The SMILES string of the molecule is Cc1nc(OF)nc(F)c1F. The summed E-state index contributed by atoms with van der Waals surface area (Å²) in [5.41, 5.74) is -0.301. The van der Waals surface area contributed by atoms with Crippen LogP contribution in [-0.2, 0) is 0 Å². The molecule has 0 saturated carbocycles. The topological polar surface area (TPSA) is 35.0 Å². The monoisotopic (exact) mass is 164 g/mol. The first-order valence-electron chi connectivity index (χ1n) is 2.63. The van der Waals surface area contributed by atoms with Crippen LogP contribution in [-0.4, -0.2) is 9.97 Å². The van der Waals surface area contributed by atoms with Crippen molar-refractivity contribution < 1.29 is 18.2 Å². The first kappa shape index (κ1) is 7.77. The zero-order valence-corrected chi connectivity index (χ0v) is 5.44. The van der Waals surface area contributed by atoms with Crippen LogP contribution in [0.15, 0.2) is 0 Å². The van der Waals surface area contributed by atoms with E-state index in [4.69, 9.17) is 0 Å². The number of rotatable bonds is 1. The minimum Gasteiger partial charge on any atom is -0.251 e. The molecule has 0 aromatic carbocycles. The van der Waals surface area contributed by atoms with Gasteiger partial charge in [0.15, 0.2) is 5.82 Å². The van der Waals surface area contributed by atoms with E-state index in [0.29, 0.717) is 0 Å². The molecule has 1 aromatic rings. The van der Waals surface area contributed by atoms with Gasteiger partial charge in [-0.2, -0.15) is 18.7 Å². The Kier molecular flexibility index (Phi) is 1.93. The molecule has 0 radical (unpaired) electrons. The third kappa shape index (κ3) is 1.39. The molecule has 0 unspecified atom stereocenters. The minimum atomic E-state index is -1.43. The van der Waals surface area contributed by atoms with Gasteiger partial charge in [0, 0.05) is 4.53 Å². The second kappa shape index (κ2) is 2.73. The number of aromatic nitrogens is 2. The zero-order valence-electron chi connectivity index (χ0n) is 5.44. The van der Waals surface area contributed by atoms with Crippen LogP contribution in [0.4, 0.5) is 13.3 Å². The van der Waals surface area contributed by atoms with Gasteiger partial charge in [0.1, 0.15) is 0 Å². The maximum atomic E-state index is 12.4. The van der Waals surface area contributed by atoms with Crippen LogP contribution >= 0.6 is 0 Å². The van der Waals surface area contributed by atoms with Crippen molar-refractivity contribution in [2.75, 3.05) is 0 Å². The molecule has 0 atom stereocenters. The molecule has 0 spiro atoms. The Balaban J connectivity index is 3.21. The number of hydrogen-bond acceptors (Lipinski definition) is 3. The van der Waals surface area contributed by atoms with E-state index in [1.807, 2.05) is 0 Å². The second-order valence-corrected chi connectivity index (χ2v) is 1.77. The van der Waals surface area contributed by atoms with Crippen molar-refractivity contribution in [1.29, 1.82) is 0 Å². The van der Waals surface area contributed by atoms with Crippen LogP contribution in [0.1, 0.15) is 5.69 Å². The minimum absolute atomic E-state index is 0.301. The van der Waals surface area contributed by atoms with E-state index in [2.05, 4.69) is 14.9 Å². The van der Waals surface area contributed by atoms with Crippen LogP contribution in [0.5, 0.6) is 6.01 Å². The summed E-state index contributed by atoms with van der Waals surface area (Å²) < 4.78 is 35.9. The van der Waals surface area contributed by atoms with Gasteiger partial charge in [-0.1, -0.05) is 0 Å². The lowest BCUT2D eigenvalue weighted by atomic mass is 10.4. The van der Waals surface area contributed by atoms with Gasteiger partial charge in [-0.3, -0.25) is 4.94 Å². The summed E-state index contributed by atoms with van der Waals surface area (Å²) in [6.45, 7) is 1.17. The summed E-state index contributed by atoms with van der Waals surface area (Å²) in [5.74, 6) is -2.63. The molecule has 1 heterocycles. The lowest BCUT2D eigenvalue weighted by Crippen LogP contribution is -1.99. The van der Waals surface area contributed by atoms with Crippen molar-refractivity contribution >= 4 is 0 Å². The third-order valence-corrected chi connectivity index (χ3v) is 1.02. The van der Waals surface area contributed by atoms with Gasteiger partial charge >= 0.3 is 6.01 Å². The molecule has 1 aromatic heterocycles. The molecule has 3 nitrogen and oxygen atoms in total. The average molecular weight is 164 g/mol. The highest BCUT2D eigenvalue weighted by Crippen LogP contribution is 2.10. The van der Waals surface area contributed by atoms with Crippen LogP contribution in [0.3, 0.4) is 0 Å². The predicted octanol–water partition coefficient (Wildman–Crippen LogP) is 1.33. The molecule has 1 rings (SSSR count). The molecule has 11 heavy (non-hydrogen) atoms. The summed E-state index contributed by atoms with van der Waals surface area (Å²) in [7, 11) is 0. The Morgan fingerprint density at radius 3 is 2.36 bits per heavy atom. The van der Waals surface area contributed by atoms with Gasteiger partial charge in [-0.15, -0.1) is 0 Å². The zero-order chi connectivity index (χ0) is 8.43. The van der Waals surface area contributed by atoms with Gasteiger partial charge < -0.3 is 0 Å². The number of halogens is 3. The van der Waals surface area contributed by atoms with Crippen LogP contribution in [0.25, 0.3) is 0 Å². The highest BCUT2D eigenvalue weighted by Gasteiger charge is 2.11. The molecule has 60 valence electrons. The largest absolute Gasteiger partial charge is 0.363 e. The highest BCUT2D eigenvalue weighted by molar-refractivity contribution is 5.07. The maximum absolute atomic E-state index is 12.4. The molecule has 0 N–H and O–H groups in total. The fourth-order valence-corrected chi connectivity index (χ4v) is 0.534. The third-order valence-electron chi connectivity index (χ3n) is 1.02. The number of hydrogen-bond donors (Lipinski definition) is 0. The van der Waals surface area contributed by atoms with Gasteiger partial charge in [0.05, 0.1) is 5.69 Å². The highest BCUT2D eigenvalue weighted by atomic mass is 19.3. The van der Waals surface area contributed by atoms with Crippen molar-refractivity contribution in [2.45, 2.75) is 6.92 Å². The second-order valence-electron chi connectivity index (χ2n) is 1.77. The fraction of sp³-hybridized carbons (Fsp3) is 0.200. The first-order chi connectivity index (χ1) is 5.15. The molecule has 6 heteroatoms. The summed E-state index contributed by atoms with van der Waals surface area (Å²) in [4.78, 5) is 8.83. The van der Waals surface area contributed by atoms with Crippen LogP contribution < -0.4 is 4.94 Å². The smallest absolute Gasteiger partial charge is 0.251 e. The summed E-state index contributed by atoms with van der Waals surface area (Å²) in [6.07, 6.45) is 0. The van der Waals surface area contributed by atoms with Crippen molar-refractivity contribution in [1.82, 2.24) is 9.97 Å². The Bertz CT molecular complexity index is 255. The van der Waals surface area contributed by atoms with Crippen molar-refractivity contribution in [3.63, 3.8) is 0 Å². The molecule has 0 fully saturated rings. The standard InChI is InChI=1S/C5H3F3N2O/c1-2-3(6)4(7)10-5(9-2)11-8/h1H3. The van der Waals surface area contributed by atoms with Gasteiger partial charge in [-0.25, -0.2) is 0 Å². The number of nitrogens with zero attached hydrogens (tertiary/aromatic N) is 2. The van der Waals surface area contributed by atoms with E-state index in [-0.39, 0.29) is 5.69 Å². The van der Waals surface area contributed by atoms with E-state index in [0.717, 1.165) is 0 Å².